The maximum absolute atomic E-state index is 11.3. The van der Waals surface area contributed by atoms with E-state index in [1.165, 1.54) is 13.3 Å². The summed E-state index contributed by atoms with van der Waals surface area (Å²) in [6.07, 6.45) is 2.33. The van der Waals surface area contributed by atoms with Gasteiger partial charge in [0.1, 0.15) is 17.4 Å². The Bertz CT molecular complexity index is 425. The van der Waals surface area contributed by atoms with Crippen LogP contribution in [0.4, 0.5) is 0 Å². The minimum Gasteiger partial charge on any atom is -0.348 e. The molecule has 0 radical (unpaired) electrons. The van der Waals surface area contributed by atoms with Gasteiger partial charge in [-0.3, -0.25) is 9.89 Å². The van der Waals surface area contributed by atoms with E-state index in [1.54, 1.807) is 0 Å². The molecule has 0 fully saturated rings. The number of hydrogen-bond donors (Lipinski definition) is 2. The number of aromatic amines is 1. The Morgan fingerprint density at radius 3 is 2.80 bits per heavy atom. The van der Waals surface area contributed by atoms with Crippen molar-refractivity contribution in [2.24, 2.45) is 0 Å². The second-order valence-corrected chi connectivity index (χ2v) is 5.49. The summed E-state index contributed by atoms with van der Waals surface area (Å²) in [4.78, 5) is 15.1. The molecule has 1 unspecified atom stereocenters. The Morgan fingerprint density at radius 1 is 1.67 bits per heavy atom. The minimum absolute atomic E-state index is 0.138. The van der Waals surface area contributed by atoms with Crippen molar-refractivity contribution in [3.8, 4) is 0 Å². The van der Waals surface area contributed by atoms with Crippen molar-refractivity contribution in [2.45, 2.75) is 18.7 Å². The van der Waals surface area contributed by atoms with E-state index < -0.39 is 21.0 Å². The lowest BCUT2D eigenvalue weighted by molar-refractivity contribution is -0.120. The first-order valence-electron chi connectivity index (χ1n) is 4.22. The van der Waals surface area contributed by atoms with E-state index in [0.717, 1.165) is 6.26 Å². The molecule has 0 aliphatic carbocycles. The molecule has 1 amide bonds. The van der Waals surface area contributed by atoms with Crippen molar-refractivity contribution in [1.82, 2.24) is 20.5 Å². The summed E-state index contributed by atoms with van der Waals surface area (Å²) >= 11 is 0. The zero-order valence-electron chi connectivity index (χ0n) is 8.39. The predicted molar refractivity (Wildman–Crippen MR) is 52.5 cm³/mol. The molecular formula is C7H12N4O3S. The van der Waals surface area contributed by atoms with Gasteiger partial charge in [0.25, 0.3) is 0 Å². The van der Waals surface area contributed by atoms with Crippen LogP contribution in [-0.2, 0) is 21.2 Å². The molecule has 0 bridgehead atoms. The predicted octanol–water partition coefficient (Wildman–Crippen LogP) is -1.15. The average Bonchev–Trinajstić information content (AvgIpc) is 2.63. The molecule has 1 atom stereocenters. The van der Waals surface area contributed by atoms with Crippen LogP contribution in [0, 0.1) is 0 Å². The Kier molecular flexibility index (Phi) is 3.40. The first-order valence-corrected chi connectivity index (χ1v) is 6.17. The first kappa shape index (κ1) is 11.6. The molecule has 1 aromatic rings. The highest BCUT2D eigenvalue weighted by Crippen LogP contribution is 1.98. The molecule has 84 valence electrons. The molecular weight excluding hydrogens is 220 g/mol. The fourth-order valence-corrected chi connectivity index (χ4v) is 1.30. The van der Waals surface area contributed by atoms with Crippen LogP contribution in [0.3, 0.4) is 0 Å². The lowest BCUT2D eigenvalue weighted by Gasteiger charge is -2.08. The molecule has 0 aromatic carbocycles. The van der Waals surface area contributed by atoms with Gasteiger partial charge in [-0.2, -0.15) is 5.10 Å². The zero-order chi connectivity index (χ0) is 11.5. The number of nitrogens with zero attached hydrogens (tertiary/aromatic N) is 2. The topological polar surface area (TPSA) is 105 Å². The Labute approximate surface area is 87.2 Å². The summed E-state index contributed by atoms with van der Waals surface area (Å²) in [5.74, 6) is -0.0713. The lowest BCUT2D eigenvalue weighted by Crippen LogP contribution is -2.37. The number of carbonyl (C=O) groups excluding carboxylic acids is 1. The third-order valence-electron chi connectivity index (χ3n) is 1.91. The van der Waals surface area contributed by atoms with Crippen LogP contribution in [0.5, 0.6) is 0 Å². The largest absolute Gasteiger partial charge is 0.348 e. The van der Waals surface area contributed by atoms with Gasteiger partial charge in [0.2, 0.25) is 5.91 Å². The van der Waals surface area contributed by atoms with Crippen LogP contribution in [0.2, 0.25) is 0 Å². The molecule has 0 aliphatic heterocycles. The normalized spacial score (nSPS) is 13.5. The van der Waals surface area contributed by atoms with Crippen LogP contribution in [-0.4, -0.2) is 41.0 Å². The Hall–Kier alpha value is -1.44. The number of aromatic nitrogens is 3. The molecule has 15 heavy (non-hydrogen) atoms. The van der Waals surface area contributed by atoms with Gasteiger partial charge >= 0.3 is 0 Å². The number of rotatable bonds is 4. The van der Waals surface area contributed by atoms with Gasteiger partial charge < -0.3 is 5.32 Å². The number of hydrogen-bond acceptors (Lipinski definition) is 5. The highest BCUT2D eigenvalue weighted by atomic mass is 32.2. The molecule has 7 nitrogen and oxygen atoms in total. The van der Waals surface area contributed by atoms with E-state index >= 15 is 0 Å². The first-order chi connectivity index (χ1) is 6.91. The second-order valence-electron chi connectivity index (χ2n) is 3.12. The molecule has 0 saturated heterocycles. The van der Waals surface area contributed by atoms with E-state index in [9.17, 15) is 13.2 Å². The molecule has 0 spiro atoms. The average molecular weight is 232 g/mol. The molecule has 8 heteroatoms. The third-order valence-corrected chi connectivity index (χ3v) is 3.40. The Morgan fingerprint density at radius 2 is 2.33 bits per heavy atom. The maximum Gasteiger partial charge on any atom is 0.238 e. The monoisotopic (exact) mass is 232 g/mol. The summed E-state index contributed by atoms with van der Waals surface area (Å²) in [6, 6.07) is 0. The van der Waals surface area contributed by atoms with Crippen LogP contribution in [0.15, 0.2) is 6.33 Å². The molecule has 1 aromatic heterocycles. The van der Waals surface area contributed by atoms with Crippen LogP contribution < -0.4 is 5.32 Å². The van der Waals surface area contributed by atoms with Gasteiger partial charge in [0.05, 0.1) is 6.54 Å². The van der Waals surface area contributed by atoms with Crippen molar-refractivity contribution < 1.29 is 13.2 Å². The Balaban J connectivity index is 2.50. The second kappa shape index (κ2) is 4.39. The number of carbonyl (C=O) groups is 1. The van der Waals surface area contributed by atoms with Crippen molar-refractivity contribution >= 4 is 15.7 Å². The summed E-state index contributed by atoms with van der Waals surface area (Å²) in [7, 11) is -3.35. The van der Waals surface area contributed by atoms with Crippen LogP contribution in [0.1, 0.15) is 12.7 Å². The van der Waals surface area contributed by atoms with E-state index in [1.807, 2.05) is 0 Å². The quantitative estimate of drug-likeness (QED) is 0.682. The third kappa shape index (κ3) is 3.31. The van der Waals surface area contributed by atoms with E-state index in [0.29, 0.717) is 5.82 Å². The standard InChI is InChI=1S/C7H12N4O3S/c1-5(15(2,13)14)7(12)8-3-6-9-4-10-11-6/h4-5H,3H2,1-2H3,(H,8,12)(H,9,10,11). The smallest absolute Gasteiger partial charge is 0.238 e. The summed E-state index contributed by atoms with van der Waals surface area (Å²) in [5, 5.41) is 7.52. The fraction of sp³-hybridized carbons (Fsp3) is 0.571. The maximum atomic E-state index is 11.3. The van der Waals surface area contributed by atoms with E-state index in [2.05, 4.69) is 20.5 Å². The molecule has 0 saturated carbocycles. The van der Waals surface area contributed by atoms with Crippen molar-refractivity contribution in [1.29, 1.82) is 0 Å². The molecule has 0 aliphatic rings. The summed E-state index contributed by atoms with van der Waals surface area (Å²) in [5.41, 5.74) is 0. The van der Waals surface area contributed by atoms with Crippen molar-refractivity contribution in [3.05, 3.63) is 12.2 Å². The van der Waals surface area contributed by atoms with E-state index in [-0.39, 0.29) is 6.54 Å². The summed E-state index contributed by atoms with van der Waals surface area (Å²) in [6.45, 7) is 1.48. The number of sulfone groups is 1. The number of H-pyrrole nitrogens is 1. The molecule has 1 heterocycles. The van der Waals surface area contributed by atoms with Gasteiger partial charge in [0, 0.05) is 6.26 Å². The van der Waals surface area contributed by atoms with Gasteiger partial charge in [-0.1, -0.05) is 0 Å². The van der Waals surface area contributed by atoms with Crippen LogP contribution >= 0.6 is 0 Å². The van der Waals surface area contributed by atoms with Crippen molar-refractivity contribution in [3.63, 3.8) is 0 Å². The number of amides is 1. The van der Waals surface area contributed by atoms with Crippen LogP contribution in [0.25, 0.3) is 0 Å². The van der Waals surface area contributed by atoms with Crippen molar-refractivity contribution in [2.75, 3.05) is 6.26 Å². The highest BCUT2D eigenvalue weighted by Gasteiger charge is 2.23. The lowest BCUT2D eigenvalue weighted by atomic mass is 10.4. The highest BCUT2D eigenvalue weighted by molar-refractivity contribution is 7.92. The molecule has 2 N–H and O–H groups in total. The summed E-state index contributed by atoms with van der Waals surface area (Å²) < 4.78 is 22.1. The van der Waals surface area contributed by atoms with Gasteiger partial charge in [0.15, 0.2) is 9.84 Å². The van der Waals surface area contributed by atoms with Gasteiger partial charge in [-0.15, -0.1) is 0 Å². The molecule has 1 rings (SSSR count). The van der Waals surface area contributed by atoms with Gasteiger partial charge in [-0.25, -0.2) is 13.4 Å². The zero-order valence-corrected chi connectivity index (χ0v) is 9.21. The fourth-order valence-electron chi connectivity index (χ4n) is 0.825. The number of nitrogens with one attached hydrogen (secondary N) is 2. The SMILES string of the molecule is CC(C(=O)NCc1ncn[nH]1)S(C)(=O)=O. The van der Waals surface area contributed by atoms with Gasteiger partial charge in [-0.05, 0) is 6.92 Å². The van der Waals surface area contributed by atoms with E-state index in [4.69, 9.17) is 0 Å². The minimum atomic E-state index is -3.35.